The largest absolute Gasteiger partial charge is 0.502 e. The fourth-order valence-corrected chi connectivity index (χ4v) is 6.53. The van der Waals surface area contributed by atoms with Gasteiger partial charge in [-0.25, -0.2) is 8.78 Å². The highest BCUT2D eigenvalue weighted by Gasteiger charge is 2.49. The van der Waals surface area contributed by atoms with E-state index in [2.05, 4.69) is 0 Å². The van der Waals surface area contributed by atoms with Crippen LogP contribution in [0.15, 0.2) is 53.5 Å². The molecule has 1 N–H and O–H groups in total. The summed E-state index contributed by atoms with van der Waals surface area (Å²) in [5.41, 5.74) is 1.43. The fourth-order valence-electron chi connectivity index (χ4n) is 6.53. The van der Waals surface area contributed by atoms with Crippen LogP contribution in [0.2, 0.25) is 0 Å². The molecule has 4 aliphatic heterocycles. The van der Waals surface area contributed by atoms with Crippen LogP contribution in [0, 0.1) is 11.6 Å². The lowest BCUT2D eigenvalue weighted by atomic mass is 9.91. The molecule has 5 heterocycles. The van der Waals surface area contributed by atoms with Gasteiger partial charge in [-0.1, -0.05) is 24.3 Å². The average Bonchev–Trinajstić information content (AvgIpc) is 3.06. The highest BCUT2D eigenvalue weighted by molar-refractivity contribution is 5.97. The number of rotatable bonds is 1. The van der Waals surface area contributed by atoms with Gasteiger partial charge in [0.25, 0.3) is 5.91 Å². The number of anilines is 1. The quantitative estimate of drug-likeness (QED) is 0.512. The Morgan fingerprint density at radius 2 is 1.79 bits per heavy atom. The zero-order valence-corrected chi connectivity index (χ0v) is 21.1. The van der Waals surface area contributed by atoms with Crippen molar-refractivity contribution >= 4 is 11.6 Å². The number of aromatic nitrogens is 1. The number of carbonyl (C=O) groups excluding carboxylic acids is 1. The Hall–Kier alpha value is -3.96. The summed E-state index contributed by atoms with van der Waals surface area (Å²) in [7, 11) is 0. The molecule has 1 aromatic heterocycles. The molecule has 7 rings (SSSR count). The van der Waals surface area contributed by atoms with Crippen LogP contribution in [-0.4, -0.2) is 65.8 Å². The molecule has 2 aromatic carbocycles. The summed E-state index contributed by atoms with van der Waals surface area (Å²) in [5, 5.41) is 12.7. The maximum Gasteiger partial charge on any atom is 0.278 e. The molecule has 0 spiro atoms. The predicted octanol–water partition coefficient (Wildman–Crippen LogP) is 2.65. The molecule has 2 unspecified atom stereocenters. The normalized spacial score (nSPS) is 25.7. The van der Waals surface area contributed by atoms with Gasteiger partial charge in [-0.2, -0.15) is 0 Å². The fraction of sp³-hybridized carbons (Fsp3) is 0.357. The monoisotopic (exact) mass is 536 g/mol. The molecule has 1 amide bonds. The van der Waals surface area contributed by atoms with Gasteiger partial charge < -0.3 is 24.4 Å². The maximum absolute atomic E-state index is 15.8. The molecule has 2 fully saturated rings. The molecule has 4 atom stereocenters. The number of carbonyl (C=O) groups is 1. The molecule has 11 heteroatoms. The highest BCUT2D eigenvalue weighted by atomic mass is 19.2. The first-order valence-corrected chi connectivity index (χ1v) is 12.9. The van der Waals surface area contributed by atoms with E-state index in [9.17, 15) is 19.1 Å². The van der Waals surface area contributed by atoms with E-state index in [1.54, 1.807) is 11.0 Å². The van der Waals surface area contributed by atoms with E-state index in [4.69, 9.17) is 9.47 Å². The zero-order valence-electron chi connectivity index (χ0n) is 21.1. The van der Waals surface area contributed by atoms with Gasteiger partial charge in [0, 0.05) is 35.6 Å². The third-order valence-electron chi connectivity index (χ3n) is 8.20. The lowest BCUT2D eigenvalue weighted by molar-refractivity contribution is -0.0468. The van der Waals surface area contributed by atoms with Crippen molar-refractivity contribution in [2.75, 3.05) is 42.9 Å². The summed E-state index contributed by atoms with van der Waals surface area (Å²) in [6, 6.07) is 9.82. The number of amides is 1. The van der Waals surface area contributed by atoms with E-state index in [-0.39, 0.29) is 37.1 Å². The van der Waals surface area contributed by atoms with E-state index in [0.717, 1.165) is 17.3 Å². The van der Waals surface area contributed by atoms with Gasteiger partial charge in [-0.3, -0.25) is 19.3 Å². The molecular formula is C28H26F2N4O5. The number of fused-ring (bicyclic) bond motifs is 7. The van der Waals surface area contributed by atoms with Crippen LogP contribution in [-0.2, 0) is 9.47 Å². The van der Waals surface area contributed by atoms with Crippen LogP contribution >= 0.6 is 0 Å². The minimum atomic E-state index is -0.962. The second-order valence-corrected chi connectivity index (χ2v) is 10.3. The van der Waals surface area contributed by atoms with Gasteiger partial charge in [-0.15, -0.1) is 0 Å². The molecular weight excluding hydrogens is 510 g/mol. The van der Waals surface area contributed by atoms with Crippen molar-refractivity contribution in [1.29, 1.82) is 0 Å². The number of hydrogen-bond donors (Lipinski definition) is 1. The van der Waals surface area contributed by atoms with Crippen LogP contribution in [0.4, 0.5) is 14.5 Å². The Kier molecular flexibility index (Phi) is 5.43. The van der Waals surface area contributed by atoms with Crippen molar-refractivity contribution in [1.82, 2.24) is 9.58 Å². The minimum absolute atomic E-state index is 0.135. The molecule has 0 radical (unpaired) electrons. The molecule has 0 bridgehead atoms. The topological polar surface area (TPSA) is 87.5 Å². The van der Waals surface area contributed by atoms with Crippen LogP contribution < -0.4 is 15.3 Å². The SMILES string of the molecule is CC1COC[C@@H]2N1C(=O)c1c(O)c(=O)ccn1N2[C@@H]1c2ccccc2N2CCOCC2c2c1ccc(F)c2F. The predicted molar refractivity (Wildman–Crippen MR) is 136 cm³/mol. The van der Waals surface area contributed by atoms with Crippen LogP contribution in [0.25, 0.3) is 0 Å². The van der Waals surface area contributed by atoms with Crippen LogP contribution in [0.5, 0.6) is 5.75 Å². The van der Waals surface area contributed by atoms with E-state index in [0.29, 0.717) is 18.7 Å². The van der Waals surface area contributed by atoms with Crippen LogP contribution in [0.3, 0.4) is 0 Å². The van der Waals surface area contributed by atoms with Gasteiger partial charge in [0.05, 0.1) is 38.5 Å². The number of halogens is 2. The molecule has 4 aliphatic rings. The number of nitrogens with zero attached hydrogens (tertiary/aromatic N) is 4. The van der Waals surface area contributed by atoms with Gasteiger partial charge in [0.2, 0.25) is 5.43 Å². The Labute approximate surface area is 222 Å². The number of pyridine rings is 1. The molecule has 9 nitrogen and oxygen atoms in total. The Morgan fingerprint density at radius 3 is 2.64 bits per heavy atom. The Bertz CT molecular complexity index is 1560. The summed E-state index contributed by atoms with van der Waals surface area (Å²) in [6.07, 6.45) is 0.774. The summed E-state index contributed by atoms with van der Waals surface area (Å²) >= 11 is 0. The Balaban J connectivity index is 1.57. The van der Waals surface area contributed by atoms with Crippen molar-refractivity contribution in [3.8, 4) is 5.75 Å². The van der Waals surface area contributed by atoms with E-state index < -0.39 is 47.0 Å². The lowest BCUT2D eigenvalue weighted by Gasteiger charge is -2.53. The van der Waals surface area contributed by atoms with Crippen molar-refractivity contribution < 1.29 is 28.2 Å². The van der Waals surface area contributed by atoms with Gasteiger partial charge in [0.15, 0.2) is 23.1 Å². The standard InChI is InChI=1S/C28H26F2N4O5/c1-15-12-39-14-22-33(15)28(37)26-27(36)21(35)8-9-32(26)34(22)25-16-4-2-3-5-19(16)31-10-11-38-13-20(31)23-17(25)6-7-18(29)24(23)30/h2-9,15,20,22,25,36H,10-14H2,1H3/t15?,20?,22-,25-/m1/s1. The third-order valence-corrected chi connectivity index (χ3v) is 8.20. The summed E-state index contributed by atoms with van der Waals surface area (Å²) in [4.78, 5) is 29.8. The first-order valence-electron chi connectivity index (χ1n) is 12.9. The smallest absolute Gasteiger partial charge is 0.278 e. The summed E-state index contributed by atoms with van der Waals surface area (Å²) in [5.74, 6) is -3.08. The zero-order chi connectivity index (χ0) is 27.0. The average molecular weight is 537 g/mol. The lowest BCUT2D eigenvalue weighted by Crippen LogP contribution is -2.68. The molecule has 202 valence electrons. The minimum Gasteiger partial charge on any atom is -0.502 e. The van der Waals surface area contributed by atoms with Gasteiger partial charge in [0.1, 0.15) is 12.2 Å². The molecule has 2 saturated heterocycles. The third kappa shape index (κ3) is 3.36. The number of hydrogen-bond acceptors (Lipinski definition) is 7. The highest BCUT2D eigenvalue weighted by Crippen LogP contribution is 2.48. The number of para-hydroxylation sites is 1. The van der Waals surface area contributed by atoms with Crippen molar-refractivity contribution in [2.45, 2.75) is 31.2 Å². The van der Waals surface area contributed by atoms with E-state index in [1.165, 1.54) is 16.9 Å². The molecule has 0 saturated carbocycles. The maximum atomic E-state index is 15.8. The van der Waals surface area contributed by atoms with E-state index >= 15 is 4.39 Å². The van der Waals surface area contributed by atoms with Gasteiger partial charge >= 0.3 is 0 Å². The van der Waals surface area contributed by atoms with E-state index in [1.807, 2.05) is 41.1 Å². The summed E-state index contributed by atoms with van der Waals surface area (Å²) in [6.45, 7) is 3.32. The number of ether oxygens (including phenoxy) is 2. The first kappa shape index (κ1) is 24.1. The molecule has 3 aromatic rings. The van der Waals surface area contributed by atoms with Crippen molar-refractivity contribution in [3.63, 3.8) is 0 Å². The van der Waals surface area contributed by atoms with Gasteiger partial charge in [-0.05, 0) is 24.6 Å². The first-order chi connectivity index (χ1) is 18.9. The number of aromatic hydroxyl groups is 1. The number of benzene rings is 2. The number of morpholine rings is 2. The second kappa shape index (κ2) is 8.78. The van der Waals surface area contributed by atoms with Crippen molar-refractivity contribution in [3.05, 3.63) is 92.9 Å². The Morgan fingerprint density at radius 1 is 0.974 bits per heavy atom. The van der Waals surface area contributed by atoms with Crippen LogP contribution in [0.1, 0.15) is 46.2 Å². The summed E-state index contributed by atoms with van der Waals surface area (Å²) < 4.78 is 43.7. The molecule has 0 aliphatic carbocycles. The molecule has 39 heavy (non-hydrogen) atoms. The second-order valence-electron chi connectivity index (χ2n) is 10.3. The van der Waals surface area contributed by atoms with Crippen molar-refractivity contribution in [2.24, 2.45) is 0 Å².